The highest BCUT2D eigenvalue weighted by Gasteiger charge is 2.19. The van der Waals surface area contributed by atoms with Crippen molar-refractivity contribution in [3.8, 4) is 5.69 Å². The Morgan fingerprint density at radius 3 is 2.32 bits per heavy atom. The molecule has 0 saturated carbocycles. The van der Waals surface area contributed by atoms with Crippen LogP contribution >= 0.6 is 0 Å². The molecule has 0 unspecified atom stereocenters. The minimum Gasteiger partial charge on any atom is -0.478 e. The quantitative estimate of drug-likeness (QED) is 0.788. The van der Waals surface area contributed by atoms with Crippen molar-refractivity contribution in [1.29, 1.82) is 0 Å². The van der Waals surface area contributed by atoms with Crippen LogP contribution in [0.4, 0.5) is 0 Å². The summed E-state index contributed by atoms with van der Waals surface area (Å²) in [5.41, 5.74) is 1.98. The molecule has 22 heavy (non-hydrogen) atoms. The van der Waals surface area contributed by atoms with Crippen LogP contribution in [0.15, 0.2) is 53.3 Å². The van der Waals surface area contributed by atoms with Crippen molar-refractivity contribution in [3.63, 3.8) is 0 Å². The number of carboxylic acids is 1. The number of aryl methyl sites for hydroxylation is 1. The number of benzene rings is 2. The number of nitrogens with zero attached hydrogens (tertiary/aromatic N) is 1. The Hall–Kier alpha value is -2.88. The summed E-state index contributed by atoms with van der Waals surface area (Å²) in [6.45, 7) is 3.54. The van der Waals surface area contributed by atoms with Crippen molar-refractivity contribution in [2.24, 2.45) is 0 Å². The molecule has 0 aliphatic heterocycles. The van der Waals surface area contributed by atoms with E-state index in [9.17, 15) is 14.7 Å². The molecular weight excluding hydrogens is 278 g/mol. The van der Waals surface area contributed by atoms with Gasteiger partial charge in [0.25, 0.3) is 5.56 Å². The lowest BCUT2D eigenvalue weighted by Crippen LogP contribution is -2.24. The summed E-state index contributed by atoms with van der Waals surface area (Å²) < 4.78 is 1.46. The summed E-state index contributed by atoms with van der Waals surface area (Å²) in [4.78, 5) is 24.5. The molecule has 1 aromatic heterocycles. The molecular formula is C18H15NO3. The molecule has 3 aromatic rings. The van der Waals surface area contributed by atoms with Crippen molar-refractivity contribution < 1.29 is 9.90 Å². The molecule has 0 radical (unpaired) electrons. The first-order valence-corrected chi connectivity index (χ1v) is 6.95. The zero-order valence-electron chi connectivity index (χ0n) is 12.3. The number of carboxylic acid groups (broad SMARTS) is 1. The normalized spacial score (nSPS) is 10.8. The number of rotatable bonds is 2. The molecule has 0 bridgehead atoms. The van der Waals surface area contributed by atoms with Gasteiger partial charge in [0.2, 0.25) is 0 Å². The highest BCUT2D eigenvalue weighted by molar-refractivity contribution is 6.04. The number of fused-ring (bicyclic) bond motifs is 1. The minimum absolute atomic E-state index is 0.165. The maximum Gasteiger partial charge on any atom is 0.338 e. The molecule has 0 aliphatic rings. The molecule has 0 saturated heterocycles. The molecule has 4 heteroatoms. The third-order valence-corrected chi connectivity index (χ3v) is 3.80. The van der Waals surface area contributed by atoms with E-state index in [0.717, 1.165) is 5.56 Å². The Bertz CT molecular complexity index is 940. The van der Waals surface area contributed by atoms with Crippen molar-refractivity contribution in [2.45, 2.75) is 13.8 Å². The molecule has 0 atom stereocenters. The summed E-state index contributed by atoms with van der Waals surface area (Å²) in [6.07, 6.45) is 0. The number of carbonyl (C=O) groups is 1. The van der Waals surface area contributed by atoms with Crippen molar-refractivity contribution >= 4 is 16.7 Å². The molecule has 0 fully saturated rings. The summed E-state index contributed by atoms with van der Waals surface area (Å²) in [7, 11) is 0. The van der Waals surface area contributed by atoms with E-state index >= 15 is 0 Å². The van der Waals surface area contributed by atoms with E-state index in [4.69, 9.17) is 0 Å². The van der Waals surface area contributed by atoms with E-state index in [-0.39, 0.29) is 11.1 Å². The first-order valence-electron chi connectivity index (χ1n) is 6.95. The molecule has 1 heterocycles. The molecule has 0 spiro atoms. The summed E-state index contributed by atoms with van der Waals surface area (Å²) in [5.74, 6) is -1.03. The predicted molar refractivity (Wildman–Crippen MR) is 86.0 cm³/mol. The number of para-hydroxylation sites is 1. The van der Waals surface area contributed by atoms with E-state index in [1.807, 2.05) is 31.2 Å². The molecule has 0 amide bonds. The Morgan fingerprint density at radius 2 is 1.68 bits per heavy atom. The van der Waals surface area contributed by atoms with Crippen molar-refractivity contribution in [3.05, 3.63) is 75.7 Å². The van der Waals surface area contributed by atoms with Gasteiger partial charge in [0, 0.05) is 22.2 Å². The van der Waals surface area contributed by atoms with Crippen LogP contribution in [0, 0.1) is 13.8 Å². The smallest absolute Gasteiger partial charge is 0.338 e. The number of hydrogen-bond donors (Lipinski definition) is 1. The minimum atomic E-state index is -1.03. The average molecular weight is 293 g/mol. The topological polar surface area (TPSA) is 59.3 Å². The fraction of sp³-hybridized carbons (Fsp3) is 0.111. The maximum absolute atomic E-state index is 12.8. The highest BCUT2D eigenvalue weighted by atomic mass is 16.4. The Balaban J connectivity index is 2.54. The van der Waals surface area contributed by atoms with E-state index in [0.29, 0.717) is 22.2 Å². The summed E-state index contributed by atoms with van der Waals surface area (Å²) in [6, 6.07) is 14.3. The lowest BCUT2D eigenvalue weighted by Gasteiger charge is -2.15. The van der Waals surface area contributed by atoms with Gasteiger partial charge in [0.1, 0.15) is 0 Å². The third-order valence-electron chi connectivity index (χ3n) is 3.80. The van der Waals surface area contributed by atoms with Crippen LogP contribution in [0.5, 0.6) is 0 Å². The summed E-state index contributed by atoms with van der Waals surface area (Å²) >= 11 is 0. The van der Waals surface area contributed by atoms with Gasteiger partial charge in [-0.2, -0.15) is 0 Å². The molecule has 110 valence electrons. The second-order valence-electron chi connectivity index (χ2n) is 5.29. The van der Waals surface area contributed by atoms with E-state index in [1.165, 1.54) is 4.57 Å². The Morgan fingerprint density at radius 1 is 1.00 bits per heavy atom. The van der Waals surface area contributed by atoms with Gasteiger partial charge in [-0.3, -0.25) is 9.36 Å². The van der Waals surface area contributed by atoms with Gasteiger partial charge in [0.05, 0.1) is 5.56 Å². The maximum atomic E-state index is 12.8. The SMILES string of the molecule is Cc1ccc2c(C(=O)O)c(C)n(-c3ccccc3)c(=O)c2c1. The number of pyridine rings is 1. The standard InChI is InChI=1S/C18H15NO3/c1-11-8-9-14-15(10-11)17(20)19(12(2)16(14)18(21)22)13-6-4-3-5-7-13/h3-10H,1-2H3,(H,21,22). The third kappa shape index (κ3) is 2.09. The second-order valence-corrected chi connectivity index (χ2v) is 5.29. The van der Waals surface area contributed by atoms with Crippen LogP contribution in [-0.4, -0.2) is 15.6 Å². The van der Waals surface area contributed by atoms with E-state index in [2.05, 4.69) is 0 Å². The van der Waals surface area contributed by atoms with Gasteiger partial charge in [-0.05, 0) is 32.0 Å². The van der Waals surface area contributed by atoms with Crippen LogP contribution in [0.2, 0.25) is 0 Å². The van der Waals surface area contributed by atoms with Gasteiger partial charge in [-0.25, -0.2) is 4.79 Å². The van der Waals surface area contributed by atoms with Crippen LogP contribution < -0.4 is 5.56 Å². The first-order chi connectivity index (χ1) is 10.5. The molecule has 3 rings (SSSR count). The molecule has 1 N–H and O–H groups in total. The van der Waals surface area contributed by atoms with E-state index < -0.39 is 5.97 Å². The lowest BCUT2D eigenvalue weighted by molar-refractivity contribution is 0.0697. The number of hydrogen-bond acceptors (Lipinski definition) is 2. The van der Waals surface area contributed by atoms with Crippen LogP contribution in [0.1, 0.15) is 21.6 Å². The fourth-order valence-electron chi connectivity index (χ4n) is 2.79. The first kappa shape index (κ1) is 14.1. The number of aromatic nitrogens is 1. The zero-order chi connectivity index (χ0) is 15.9. The Kier molecular flexibility index (Phi) is 3.29. The van der Waals surface area contributed by atoms with Gasteiger partial charge < -0.3 is 5.11 Å². The van der Waals surface area contributed by atoms with Gasteiger partial charge in [-0.1, -0.05) is 35.9 Å². The van der Waals surface area contributed by atoms with Crippen molar-refractivity contribution in [2.75, 3.05) is 0 Å². The van der Waals surface area contributed by atoms with Gasteiger partial charge in [0.15, 0.2) is 0 Å². The zero-order valence-corrected chi connectivity index (χ0v) is 12.3. The fourth-order valence-corrected chi connectivity index (χ4v) is 2.79. The summed E-state index contributed by atoms with van der Waals surface area (Å²) in [5, 5.41) is 10.5. The van der Waals surface area contributed by atoms with Gasteiger partial charge in [-0.15, -0.1) is 0 Å². The molecule has 2 aromatic carbocycles. The predicted octanol–water partition coefficient (Wildman–Crippen LogP) is 3.31. The average Bonchev–Trinajstić information content (AvgIpc) is 2.49. The highest BCUT2D eigenvalue weighted by Crippen LogP contribution is 2.22. The van der Waals surface area contributed by atoms with Gasteiger partial charge >= 0.3 is 5.97 Å². The Labute approximate surface area is 127 Å². The van der Waals surface area contributed by atoms with Crippen LogP contribution in [0.3, 0.4) is 0 Å². The van der Waals surface area contributed by atoms with Crippen molar-refractivity contribution in [1.82, 2.24) is 4.57 Å². The van der Waals surface area contributed by atoms with Crippen LogP contribution in [-0.2, 0) is 0 Å². The molecule has 4 nitrogen and oxygen atoms in total. The molecule has 0 aliphatic carbocycles. The number of aromatic carboxylic acids is 1. The monoisotopic (exact) mass is 293 g/mol. The largest absolute Gasteiger partial charge is 0.478 e. The lowest BCUT2D eigenvalue weighted by atomic mass is 10.0. The van der Waals surface area contributed by atoms with Crippen LogP contribution in [0.25, 0.3) is 16.5 Å². The van der Waals surface area contributed by atoms with E-state index in [1.54, 1.807) is 31.2 Å². The second kappa shape index (κ2) is 5.15.